The zero-order valence-corrected chi connectivity index (χ0v) is 15.7. The molecule has 1 fully saturated rings. The third kappa shape index (κ3) is 4.15. The summed E-state index contributed by atoms with van der Waals surface area (Å²) in [6, 6.07) is 5.97. The Balaban J connectivity index is 1.83. The van der Waals surface area contributed by atoms with Crippen molar-refractivity contribution in [3.8, 4) is 0 Å². The minimum absolute atomic E-state index is 0.0247. The molecular formula is C19H23FN4O3. The van der Waals surface area contributed by atoms with E-state index in [1.807, 2.05) is 13.8 Å². The first kappa shape index (κ1) is 19.0. The van der Waals surface area contributed by atoms with Crippen molar-refractivity contribution in [2.45, 2.75) is 39.8 Å². The Morgan fingerprint density at radius 1 is 1.30 bits per heavy atom. The molecule has 8 heteroatoms. The lowest BCUT2D eigenvalue weighted by Gasteiger charge is -2.34. The molecule has 144 valence electrons. The van der Waals surface area contributed by atoms with Crippen LogP contribution in [0, 0.1) is 18.7 Å². The van der Waals surface area contributed by atoms with Crippen LogP contribution in [0.2, 0.25) is 0 Å². The summed E-state index contributed by atoms with van der Waals surface area (Å²) in [5, 5.41) is 7.36. The second kappa shape index (κ2) is 7.85. The van der Waals surface area contributed by atoms with Gasteiger partial charge in [0.2, 0.25) is 5.91 Å². The molecule has 1 aromatic heterocycles. The molecule has 1 atom stereocenters. The molecule has 7 nitrogen and oxygen atoms in total. The van der Waals surface area contributed by atoms with Gasteiger partial charge in [0.25, 0.3) is 5.91 Å². The molecule has 27 heavy (non-hydrogen) atoms. The summed E-state index contributed by atoms with van der Waals surface area (Å²) in [7, 11) is 0. The van der Waals surface area contributed by atoms with Crippen molar-refractivity contribution in [3.63, 3.8) is 0 Å². The summed E-state index contributed by atoms with van der Waals surface area (Å²) in [5.41, 5.74) is 1.46. The molecule has 2 amide bonds. The van der Waals surface area contributed by atoms with Crippen LogP contribution in [0.1, 0.15) is 42.0 Å². The topological polar surface area (TPSA) is 79.5 Å². The van der Waals surface area contributed by atoms with Crippen LogP contribution in [-0.2, 0) is 11.3 Å². The minimum atomic E-state index is -0.310. The normalized spacial score (nSPS) is 18.1. The van der Waals surface area contributed by atoms with E-state index in [9.17, 15) is 14.0 Å². The van der Waals surface area contributed by atoms with E-state index in [1.54, 1.807) is 28.9 Å². The zero-order valence-electron chi connectivity index (χ0n) is 15.7. The molecule has 2 aromatic rings. The Morgan fingerprint density at radius 2 is 2.00 bits per heavy atom. The van der Waals surface area contributed by atoms with E-state index in [2.05, 4.69) is 14.9 Å². The van der Waals surface area contributed by atoms with E-state index < -0.39 is 0 Å². The van der Waals surface area contributed by atoms with Crippen LogP contribution in [0.15, 0.2) is 28.9 Å². The molecule has 0 aliphatic carbocycles. The number of amides is 2. The fraction of sp³-hybridized carbons (Fsp3) is 0.474. The van der Waals surface area contributed by atoms with E-state index in [1.165, 1.54) is 12.1 Å². The van der Waals surface area contributed by atoms with Crippen molar-refractivity contribution < 1.29 is 18.6 Å². The Morgan fingerprint density at radius 3 is 2.59 bits per heavy atom. The van der Waals surface area contributed by atoms with E-state index >= 15 is 0 Å². The molecule has 0 radical (unpaired) electrons. The number of benzene rings is 1. The molecule has 1 aliphatic rings. The van der Waals surface area contributed by atoms with Gasteiger partial charge in [0.15, 0.2) is 5.69 Å². The van der Waals surface area contributed by atoms with Crippen LogP contribution in [-0.4, -0.2) is 51.1 Å². The van der Waals surface area contributed by atoms with Crippen molar-refractivity contribution >= 4 is 11.8 Å². The van der Waals surface area contributed by atoms with Gasteiger partial charge in [-0.2, -0.15) is 0 Å². The third-order valence-electron chi connectivity index (χ3n) is 4.90. The predicted octanol–water partition coefficient (Wildman–Crippen LogP) is 2.42. The summed E-state index contributed by atoms with van der Waals surface area (Å²) in [5.74, 6) is -0.479. The molecule has 1 saturated heterocycles. The first-order valence-electron chi connectivity index (χ1n) is 8.99. The van der Waals surface area contributed by atoms with Crippen molar-refractivity contribution in [1.82, 2.24) is 20.1 Å². The lowest BCUT2D eigenvalue weighted by molar-refractivity contribution is -0.134. The number of hydrogen-bond acceptors (Lipinski definition) is 5. The fourth-order valence-electron chi connectivity index (χ4n) is 3.30. The van der Waals surface area contributed by atoms with E-state index in [4.69, 9.17) is 0 Å². The first-order valence-corrected chi connectivity index (χ1v) is 8.99. The highest BCUT2D eigenvalue weighted by Crippen LogP contribution is 2.22. The van der Waals surface area contributed by atoms with Gasteiger partial charge in [-0.15, -0.1) is 0 Å². The van der Waals surface area contributed by atoms with E-state index in [-0.39, 0.29) is 41.7 Å². The molecule has 0 N–H and O–H groups in total. The highest BCUT2D eigenvalue weighted by molar-refractivity contribution is 5.93. The average molecular weight is 374 g/mol. The van der Waals surface area contributed by atoms with E-state index in [0.717, 1.165) is 5.56 Å². The Bertz CT molecular complexity index is 819. The summed E-state index contributed by atoms with van der Waals surface area (Å²) in [4.78, 5) is 29.0. The van der Waals surface area contributed by atoms with Gasteiger partial charge in [0.05, 0.1) is 6.04 Å². The molecule has 0 saturated carbocycles. The molecule has 0 bridgehead atoms. The molecule has 3 rings (SSSR count). The van der Waals surface area contributed by atoms with Crippen molar-refractivity contribution in [1.29, 1.82) is 0 Å². The smallest absolute Gasteiger partial charge is 0.278 e. The Kier molecular flexibility index (Phi) is 5.53. The highest BCUT2D eigenvalue weighted by Gasteiger charge is 2.34. The predicted molar refractivity (Wildman–Crippen MR) is 95.1 cm³/mol. The van der Waals surface area contributed by atoms with Crippen molar-refractivity contribution in [2.24, 2.45) is 5.92 Å². The zero-order chi connectivity index (χ0) is 19.6. The lowest BCUT2D eigenvalue weighted by Crippen LogP contribution is -2.47. The fourth-order valence-corrected chi connectivity index (χ4v) is 3.30. The molecule has 0 spiro atoms. The molecular weight excluding hydrogens is 351 g/mol. The number of halogens is 1. The third-order valence-corrected chi connectivity index (χ3v) is 4.90. The van der Waals surface area contributed by atoms with E-state index in [0.29, 0.717) is 25.3 Å². The second-order valence-corrected chi connectivity index (χ2v) is 7.16. The maximum Gasteiger partial charge on any atom is 0.278 e. The van der Waals surface area contributed by atoms with Gasteiger partial charge < -0.3 is 9.80 Å². The number of carbonyl (C=O) groups is 2. The quantitative estimate of drug-likeness (QED) is 0.821. The van der Waals surface area contributed by atoms with Gasteiger partial charge in [-0.25, -0.2) is 9.02 Å². The molecule has 1 aromatic carbocycles. The second-order valence-electron chi connectivity index (χ2n) is 7.16. The Labute approximate surface area is 157 Å². The van der Waals surface area contributed by atoms with Gasteiger partial charge in [0.1, 0.15) is 11.5 Å². The highest BCUT2D eigenvalue weighted by atomic mass is 19.1. The number of nitrogens with zero attached hydrogens (tertiary/aromatic N) is 4. The molecule has 1 aliphatic heterocycles. The first-order chi connectivity index (χ1) is 12.9. The Hall–Kier alpha value is -2.77. The maximum atomic E-state index is 13.2. The van der Waals surface area contributed by atoms with Crippen LogP contribution in [0.4, 0.5) is 4.39 Å². The summed E-state index contributed by atoms with van der Waals surface area (Å²) in [6.07, 6.45) is 0.223. The summed E-state index contributed by atoms with van der Waals surface area (Å²) < 4.78 is 17.8. The average Bonchev–Trinajstić information content (AvgIpc) is 2.99. The van der Waals surface area contributed by atoms with Crippen LogP contribution in [0.5, 0.6) is 0 Å². The number of carbonyl (C=O) groups excluding carboxylic acids is 2. The van der Waals surface area contributed by atoms with Crippen LogP contribution in [0.3, 0.4) is 0 Å². The van der Waals surface area contributed by atoms with Crippen molar-refractivity contribution in [2.75, 3.05) is 13.1 Å². The van der Waals surface area contributed by atoms with Crippen LogP contribution in [0.25, 0.3) is 0 Å². The number of hydrogen-bond donors (Lipinski definition) is 0. The maximum absolute atomic E-state index is 13.2. The standard InChI is InChI=1S/C19H23FN4O3/c1-12(2)16-11-23(19(26)18-13(3)21-27-22-18)9-8-17(25)24(16)10-14-4-6-15(20)7-5-14/h4-7,12,16H,8-11H2,1-3H3. The largest absolute Gasteiger partial charge is 0.335 e. The van der Waals surface area contributed by atoms with Crippen molar-refractivity contribution in [3.05, 3.63) is 47.0 Å². The van der Waals surface area contributed by atoms with Crippen LogP contribution >= 0.6 is 0 Å². The number of aryl methyl sites for hydroxylation is 1. The van der Waals surface area contributed by atoms with Gasteiger partial charge in [-0.05, 0) is 35.7 Å². The van der Waals surface area contributed by atoms with Crippen LogP contribution < -0.4 is 0 Å². The molecule has 1 unspecified atom stereocenters. The number of rotatable bonds is 4. The monoisotopic (exact) mass is 374 g/mol. The molecule has 2 heterocycles. The SMILES string of the molecule is Cc1nonc1C(=O)N1CCC(=O)N(Cc2ccc(F)cc2)C(C(C)C)C1. The minimum Gasteiger partial charge on any atom is -0.335 e. The van der Waals surface area contributed by atoms with Gasteiger partial charge in [0, 0.05) is 26.1 Å². The van der Waals surface area contributed by atoms with Gasteiger partial charge in [-0.1, -0.05) is 31.1 Å². The summed E-state index contributed by atoms with van der Waals surface area (Å²) >= 11 is 0. The lowest BCUT2D eigenvalue weighted by atomic mass is 10.0. The summed E-state index contributed by atoms with van der Waals surface area (Å²) in [6.45, 7) is 6.80. The van der Waals surface area contributed by atoms with Gasteiger partial charge in [-0.3, -0.25) is 9.59 Å². The number of aromatic nitrogens is 2. The van der Waals surface area contributed by atoms with Gasteiger partial charge >= 0.3 is 0 Å².